The summed E-state index contributed by atoms with van der Waals surface area (Å²) in [7, 11) is 0. The number of aromatic carboxylic acids is 2. The maximum atomic E-state index is 11.4. The predicted octanol–water partition coefficient (Wildman–Crippen LogP) is 3.63. The minimum Gasteiger partial charge on any atom is -0.478 e. The van der Waals surface area contributed by atoms with Crippen molar-refractivity contribution in [1.82, 2.24) is 0 Å². The number of fused-ring (bicyclic) bond motifs is 1. The van der Waals surface area contributed by atoms with E-state index in [1.54, 1.807) is 0 Å². The first-order chi connectivity index (χ1) is 11.0. The van der Waals surface area contributed by atoms with Crippen LogP contribution in [0.15, 0.2) is 24.3 Å². The Labute approximate surface area is 135 Å². The quantitative estimate of drug-likeness (QED) is 0.868. The standard InChI is InChI=1S/C10H16O.C8H6O4/c11-10-7-3-5-8-4-1-2-6-9(8)10;9-7(10)5-2-1-3-6(4-5)8(11)12/h8-9H,1-7H2;1-4H,(H,9,10)(H,11,12). The lowest BCUT2D eigenvalue weighted by Crippen LogP contribution is -2.30. The van der Waals surface area contributed by atoms with Gasteiger partial charge < -0.3 is 10.2 Å². The summed E-state index contributed by atoms with van der Waals surface area (Å²) in [6, 6.07) is 5.20. The summed E-state index contributed by atoms with van der Waals surface area (Å²) < 4.78 is 0. The Hall–Kier alpha value is -2.17. The Morgan fingerprint density at radius 1 is 0.913 bits per heavy atom. The van der Waals surface area contributed by atoms with Crippen LogP contribution in [0.1, 0.15) is 65.7 Å². The molecule has 0 saturated heterocycles. The van der Waals surface area contributed by atoms with Gasteiger partial charge in [0.1, 0.15) is 5.78 Å². The maximum Gasteiger partial charge on any atom is 0.335 e. The van der Waals surface area contributed by atoms with Crippen molar-refractivity contribution in [2.45, 2.75) is 44.9 Å². The average molecular weight is 318 g/mol. The SMILES string of the molecule is O=C(O)c1cccc(C(=O)O)c1.O=C1CCCC2CCCCC12. The molecule has 0 bridgehead atoms. The van der Waals surface area contributed by atoms with Gasteiger partial charge in [-0.2, -0.15) is 0 Å². The largest absolute Gasteiger partial charge is 0.478 e. The highest BCUT2D eigenvalue weighted by molar-refractivity contribution is 5.93. The Bertz CT molecular complexity index is 562. The van der Waals surface area contributed by atoms with E-state index in [4.69, 9.17) is 10.2 Å². The smallest absolute Gasteiger partial charge is 0.335 e. The van der Waals surface area contributed by atoms with Gasteiger partial charge in [-0.05, 0) is 49.8 Å². The predicted molar refractivity (Wildman–Crippen MR) is 84.7 cm³/mol. The summed E-state index contributed by atoms with van der Waals surface area (Å²) in [5.74, 6) is -0.417. The Kier molecular flexibility index (Phi) is 5.90. The number of carbonyl (C=O) groups is 3. The number of hydrogen-bond acceptors (Lipinski definition) is 3. The van der Waals surface area contributed by atoms with Gasteiger partial charge in [-0.15, -0.1) is 0 Å². The highest BCUT2D eigenvalue weighted by Gasteiger charge is 2.33. The molecule has 2 N–H and O–H groups in total. The second kappa shape index (κ2) is 7.90. The van der Waals surface area contributed by atoms with Gasteiger partial charge in [-0.1, -0.05) is 18.9 Å². The number of Topliss-reactive ketones (excluding diaryl/α,β-unsaturated/α-hetero) is 1. The third-order valence-electron chi connectivity index (χ3n) is 4.68. The summed E-state index contributed by atoms with van der Waals surface area (Å²) in [5.41, 5.74) is -0.0372. The molecule has 2 unspecified atom stereocenters. The highest BCUT2D eigenvalue weighted by atomic mass is 16.4. The van der Waals surface area contributed by atoms with Crippen molar-refractivity contribution in [3.63, 3.8) is 0 Å². The molecule has 23 heavy (non-hydrogen) atoms. The number of ketones is 1. The average Bonchev–Trinajstić information content (AvgIpc) is 2.56. The molecular formula is C18H22O5. The number of carboxylic acid groups (broad SMARTS) is 2. The van der Waals surface area contributed by atoms with Crippen molar-refractivity contribution < 1.29 is 24.6 Å². The molecule has 124 valence electrons. The molecule has 2 atom stereocenters. The van der Waals surface area contributed by atoms with E-state index in [1.807, 2.05) is 0 Å². The van der Waals surface area contributed by atoms with Crippen LogP contribution in [0.4, 0.5) is 0 Å². The van der Waals surface area contributed by atoms with Crippen LogP contribution in [0.25, 0.3) is 0 Å². The van der Waals surface area contributed by atoms with Gasteiger partial charge in [0.2, 0.25) is 0 Å². The zero-order valence-electron chi connectivity index (χ0n) is 13.0. The van der Waals surface area contributed by atoms with E-state index >= 15 is 0 Å². The number of benzene rings is 1. The minimum absolute atomic E-state index is 0.0186. The Balaban J connectivity index is 0.000000167. The summed E-state index contributed by atoms with van der Waals surface area (Å²) in [4.78, 5) is 32.2. The molecular weight excluding hydrogens is 296 g/mol. The van der Waals surface area contributed by atoms with Crippen molar-refractivity contribution in [2.24, 2.45) is 11.8 Å². The van der Waals surface area contributed by atoms with Crippen LogP contribution < -0.4 is 0 Å². The molecule has 3 rings (SSSR count). The first-order valence-corrected chi connectivity index (χ1v) is 8.08. The number of carboxylic acids is 2. The molecule has 5 nitrogen and oxygen atoms in total. The molecule has 1 aromatic rings. The lowest BCUT2D eigenvalue weighted by Gasteiger charge is -2.33. The topological polar surface area (TPSA) is 91.7 Å². The van der Waals surface area contributed by atoms with Crippen LogP contribution in [0.2, 0.25) is 0 Å². The van der Waals surface area contributed by atoms with E-state index in [-0.39, 0.29) is 11.1 Å². The molecule has 0 spiro atoms. The van der Waals surface area contributed by atoms with E-state index in [1.165, 1.54) is 56.7 Å². The van der Waals surface area contributed by atoms with Gasteiger partial charge in [0.15, 0.2) is 0 Å². The first kappa shape index (κ1) is 17.2. The normalized spacial score (nSPS) is 23.2. The van der Waals surface area contributed by atoms with Crippen LogP contribution in [-0.4, -0.2) is 27.9 Å². The Morgan fingerprint density at radius 3 is 2.04 bits per heavy atom. The van der Waals surface area contributed by atoms with E-state index in [2.05, 4.69) is 0 Å². The minimum atomic E-state index is -1.13. The van der Waals surface area contributed by atoms with Crippen LogP contribution in [0.3, 0.4) is 0 Å². The van der Waals surface area contributed by atoms with Crippen molar-refractivity contribution in [2.75, 3.05) is 0 Å². The number of hydrogen-bond donors (Lipinski definition) is 2. The van der Waals surface area contributed by atoms with Crippen LogP contribution in [0, 0.1) is 11.8 Å². The zero-order chi connectivity index (χ0) is 16.8. The van der Waals surface area contributed by atoms with Gasteiger partial charge in [-0.25, -0.2) is 9.59 Å². The lowest BCUT2D eigenvalue weighted by atomic mass is 9.70. The van der Waals surface area contributed by atoms with Gasteiger partial charge in [0, 0.05) is 12.3 Å². The van der Waals surface area contributed by atoms with E-state index in [0.717, 1.165) is 18.4 Å². The molecule has 1 aromatic carbocycles. The molecule has 2 aliphatic rings. The van der Waals surface area contributed by atoms with Crippen LogP contribution in [-0.2, 0) is 4.79 Å². The molecule has 2 aliphatic carbocycles. The van der Waals surface area contributed by atoms with Gasteiger partial charge in [-0.3, -0.25) is 4.79 Å². The summed E-state index contributed by atoms with van der Waals surface area (Å²) in [6.45, 7) is 0. The van der Waals surface area contributed by atoms with E-state index in [0.29, 0.717) is 11.7 Å². The van der Waals surface area contributed by atoms with Gasteiger partial charge in [0.25, 0.3) is 0 Å². The van der Waals surface area contributed by atoms with Crippen molar-refractivity contribution in [1.29, 1.82) is 0 Å². The Morgan fingerprint density at radius 2 is 1.48 bits per heavy atom. The van der Waals surface area contributed by atoms with Crippen LogP contribution in [0.5, 0.6) is 0 Å². The van der Waals surface area contributed by atoms with Crippen molar-refractivity contribution >= 4 is 17.7 Å². The molecule has 0 heterocycles. The van der Waals surface area contributed by atoms with Crippen molar-refractivity contribution in [3.8, 4) is 0 Å². The zero-order valence-corrected chi connectivity index (χ0v) is 13.0. The molecule has 2 saturated carbocycles. The fraction of sp³-hybridized carbons (Fsp3) is 0.500. The second-order valence-corrected chi connectivity index (χ2v) is 6.20. The monoisotopic (exact) mass is 318 g/mol. The third-order valence-corrected chi connectivity index (χ3v) is 4.68. The summed E-state index contributed by atoms with van der Waals surface area (Å²) in [5, 5.41) is 17.0. The molecule has 5 heteroatoms. The van der Waals surface area contributed by atoms with Crippen LogP contribution >= 0.6 is 0 Å². The lowest BCUT2D eigenvalue weighted by molar-refractivity contribution is -0.127. The molecule has 0 aromatic heterocycles. The summed E-state index contributed by atoms with van der Waals surface area (Å²) in [6.07, 6.45) is 8.57. The molecule has 0 aliphatic heterocycles. The fourth-order valence-corrected chi connectivity index (χ4v) is 3.49. The third kappa shape index (κ3) is 4.65. The molecule has 2 fully saturated rings. The number of carbonyl (C=O) groups excluding carboxylic acids is 1. The van der Waals surface area contributed by atoms with E-state index < -0.39 is 11.9 Å². The molecule has 0 radical (unpaired) electrons. The maximum absolute atomic E-state index is 11.4. The van der Waals surface area contributed by atoms with Gasteiger partial charge in [0.05, 0.1) is 11.1 Å². The van der Waals surface area contributed by atoms with Gasteiger partial charge >= 0.3 is 11.9 Å². The second-order valence-electron chi connectivity index (χ2n) is 6.20. The first-order valence-electron chi connectivity index (χ1n) is 8.08. The fourth-order valence-electron chi connectivity index (χ4n) is 3.49. The van der Waals surface area contributed by atoms with E-state index in [9.17, 15) is 14.4 Å². The molecule has 0 amide bonds. The number of rotatable bonds is 2. The van der Waals surface area contributed by atoms with Crippen molar-refractivity contribution in [3.05, 3.63) is 35.4 Å². The highest BCUT2D eigenvalue weighted by Crippen LogP contribution is 2.38. The summed E-state index contributed by atoms with van der Waals surface area (Å²) >= 11 is 0.